The lowest BCUT2D eigenvalue weighted by Crippen LogP contribution is -2.40. The van der Waals surface area contributed by atoms with Crippen molar-refractivity contribution in [1.29, 1.82) is 0 Å². The van der Waals surface area contributed by atoms with Gasteiger partial charge in [0.25, 0.3) is 15.6 Å². The van der Waals surface area contributed by atoms with Crippen molar-refractivity contribution in [3.8, 4) is 11.5 Å². The van der Waals surface area contributed by atoms with Gasteiger partial charge in [-0.15, -0.1) is 0 Å². The predicted octanol–water partition coefficient (Wildman–Crippen LogP) is 4.75. The van der Waals surface area contributed by atoms with Crippen LogP contribution in [0.5, 0.6) is 11.5 Å². The van der Waals surface area contributed by atoms with Crippen molar-refractivity contribution in [3.63, 3.8) is 0 Å². The molecule has 0 aromatic heterocycles. The maximum absolute atomic E-state index is 12.4. The highest BCUT2D eigenvalue weighted by atomic mass is 35.6. The van der Waals surface area contributed by atoms with E-state index in [2.05, 4.69) is 12.2 Å². The Kier molecular flexibility index (Phi) is 7.34. The van der Waals surface area contributed by atoms with Gasteiger partial charge in [-0.05, 0) is 48.7 Å². The molecule has 2 amide bonds. The number of hydrogen-bond acceptors (Lipinski definition) is 4. The number of alkyl halides is 3. The Bertz CT molecular complexity index is 913. The molecule has 2 aromatic carbocycles. The van der Waals surface area contributed by atoms with Crippen LogP contribution in [0.2, 0.25) is 0 Å². The van der Waals surface area contributed by atoms with Crippen LogP contribution < -0.4 is 19.7 Å². The molecule has 0 saturated heterocycles. The van der Waals surface area contributed by atoms with Gasteiger partial charge >= 0.3 is 0 Å². The van der Waals surface area contributed by atoms with Crippen LogP contribution in [-0.4, -0.2) is 35.4 Å². The number of fused-ring (bicyclic) bond motifs is 1. The van der Waals surface area contributed by atoms with Crippen LogP contribution >= 0.6 is 34.8 Å². The second-order valence-electron chi connectivity index (χ2n) is 6.67. The van der Waals surface area contributed by atoms with Crippen LogP contribution in [0.4, 0.5) is 11.4 Å². The van der Waals surface area contributed by atoms with E-state index in [1.807, 2.05) is 24.3 Å². The summed E-state index contributed by atoms with van der Waals surface area (Å²) in [6.45, 7) is 2.94. The Morgan fingerprint density at radius 1 is 1.20 bits per heavy atom. The van der Waals surface area contributed by atoms with E-state index >= 15 is 0 Å². The molecule has 1 aliphatic rings. The van der Waals surface area contributed by atoms with Crippen LogP contribution in [0.25, 0.3) is 0 Å². The zero-order valence-corrected chi connectivity index (χ0v) is 18.6. The summed E-state index contributed by atoms with van der Waals surface area (Å²) in [6.07, 6.45) is 1.59. The molecular formula is C21H21Cl3N2O4. The fourth-order valence-corrected chi connectivity index (χ4v) is 3.10. The number of rotatable bonds is 7. The number of nitrogens with zero attached hydrogens (tertiary/aromatic N) is 1. The lowest BCUT2D eigenvalue weighted by atomic mass is 10.2. The van der Waals surface area contributed by atoms with Crippen LogP contribution in [0.1, 0.15) is 18.9 Å². The number of hydrogen-bond donors (Lipinski definition) is 1. The Labute approximate surface area is 190 Å². The number of anilines is 2. The monoisotopic (exact) mass is 470 g/mol. The zero-order chi connectivity index (χ0) is 21.7. The van der Waals surface area contributed by atoms with Crippen molar-refractivity contribution in [2.75, 3.05) is 30.0 Å². The van der Waals surface area contributed by atoms with E-state index in [9.17, 15) is 9.59 Å². The Morgan fingerprint density at radius 3 is 2.60 bits per heavy atom. The molecule has 0 fully saturated rings. The minimum Gasteiger partial charge on any atom is -0.494 e. The molecular weight excluding hydrogens is 451 g/mol. The number of benzene rings is 2. The number of amides is 2. The highest BCUT2D eigenvalue weighted by molar-refractivity contribution is 6.76. The molecule has 160 valence electrons. The van der Waals surface area contributed by atoms with E-state index < -0.39 is 9.70 Å². The second kappa shape index (κ2) is 9.77. The summed E-state index contributed by atoms with van der Waals surface area (Å²) in [7, 11) is 0. The van der Waals surface area contributed by atoms with Crippen molar-refractivity contribution in [2.24, 2.45) is 0 Å². The van der Waals surface area contributed by atoms with E-state index in [1.165, 1.54) is 5.56 Å². The van der Waals surface area contributed by atoms with Crippen LogP contribution in [-0.2, 0) is 16.0 Å². The molecule has 0 saturated carbocycles. The first kappa shape index (κ1) is 22.5. The summed E-state index contributed by atoms with van der Waals surface area (Å²) < 4.78 is 9.15. The van der Waals surface area contributed by atoms with Crippen LogP contribution in [0, 0.1) is 0 Å². The van der Waals surface area contributed by atoms with Crippen LogP contribution in [0.15, 0.2) is 42.5 Å². The Balaban J connectivity index is 1.63. The van der Waals surface area contributed by atoms with Gasteiger partial charge < -0.3 is 19.7 Å². The van der Waals surface area contributed by atoms with Crippen molar-refractivity contribution >= 4 is 58.0 Å². The van der Waals surface area contributed by atoms with E-state index in [1.54, 1.807) is 23.1 Å². The number of carbonyl (C=O) groups excluding carboxylic acids is 2. The minimum atomic E-state index is -2.09. The average Bonchev–Trinajstić information content (AvgIpc) is 2.72. The highest BCUT2D eigenvalue weighted by Gasteiger charge is 2.31. The van der Waals surface area contributed by atoms with Gasteiger partial charge in [0.05, 0.1) is 12.3 Å². The molecule has 1 N–H and O–H groups in total. The topological polar surface area (TPSA) is 67.9 Å². The predicted molar refractivity (Wildman–Crippen MR) is 119 cm³/mol. The minimum absolute atomic E-state index is 0.0494. The lowest BCUT2D eigenvalue weighted by molar-refractivity contribution is -0.121. The van der Waals surface area contributed by atoms with Gasteiger partial charge in [-0.1, -0.05) is 53.9 Å². The van der Waals surface area contributed by atoms with Gasteiger partial charge in [-0.3, -0.25) is 9.59 Å². The third-order valence-corrected chi connectivity index (χ3v) is 5.06. The lowest BCUT2D eigenvalue weighted by Gasteiger charge is -2.30. The van der Waals surface area contributed by atoms with Crippen molar-refractivity contribution in [2.45, 2.75) is 23.6 Å². The summed E-state index contributed by atoms with van der Waals surface area (Å²) in [5.41, 5.74) is 2.18. The molecule has 1 aliphatic heterocycles. The normalized spacial score (nSPS) is 13.5. The SMILES string of the molecule is CCc1ccc(OCCCN2C(=O)COc3ccc(NC(=O)C(Cl)(Cl)Cl)cc32)cc1. The Morgan fingerprint density at radius 2 is 1.93 bits per heavy atom. The largest absolute Gasteiger partial charge is 0.494 e. The number of aryl methyl sites for hydroxylation is 1. The molecule has 0 spiro atoms. The molecule has 1 heterocycles. The van der Waals surface area contributed by atoms with Crippen LogP contribution in [0.3, 0.4) is 0 Å². The van der Waals surface area contributed by atoms with Crippen molar-refractivity contribution in [3.05, 3.63) is 48.0 Å². The number of nitrogens with one attached hydrogen (secondary N) is 1. The quantitative estimate of drug-likeness (QED) is 0.467. The van der Waals surface area contributed by atoms with Gasteiger partial charge in [0, 0.05) is 12.2 Å². The fraction of sp³-hybridized carbons (Fsp3) is 0.333. The smallest absolute Gasteiger partial charge is 0.276 e. The number of halogens is 3. The van der Waals surface area contributed by atoms with E-state index in [-0.39, 0.29) is 12.5 Å². The van der Waals surface area contributed by atoms with Crippen molar-refractivity contribution in [1.82, 2.24) is 0 Å². The molecule has 0 unspecified atom stereocenters. The molecule has 0 aliphatic carbocycles. The summed E-state index contributed by atoms with van der Waals surface area (Å²) in [5, 5.41) is 2.51. The maximum Gasteiger partial charge on any atom is 0.276 e. The second-order valence-corrected chi connectivity index (χ2v) is 8.95. The Hall–Kier alpha value is -2.15. The molecule has 30 heavy (non-hydrogen) atoms. The van der Waals surface area contributed by atoms with Crippen molar-refractivity contribution < 1.29 is 19.1 Å². The van der Waals surface area contributed by atoms with E-state index in [0.717, 1.165) is 12.2 Å². The molecule has 3 rings (SSSR count). The van der Waals surface area contributed by atoms with Gasteiger partial charge in [-0.2, -0.15) is 0 Å². The number of carbonyl (C=O) groups is 2. The summed E-state index contributed by atoms with van der Waals surface area (Å²) in [5.74, 6) is 0.361. The van der Waals surface area contributed by atoms with Gasteiger partial charge in [0.15, 0.2) is 6.61 Å². The average molecular weight is 472 g/mol. The third-order valence-electron chi connectivity index (χ3n) is 4.54. The highest BCUT2D eigenvalue weighted by Crippen LogP contribution is 2.35. The third kappa shape index (κ3) is 5.72. The molecule has 6 nitrogen and oxygen atoms in total. The van der Waals surface area contributed by atoms with E-state index in [4.69, 9.17) is 44.3 Å². The van der Waals surface area contributed by atoms with Gasteiger partial charge in [0.1, 0.15) is 11.5 Å². The fourth-order valence-electron chi connectivity index (χ4n) is 2.96. The summed E-state index contributed by atoms with van der Waals surface area (Å²) in [6, 6.07) is 12.8. The first-order valence-corrected chi connectivity index (χ1v) is 10.6. The first-order valence-electron chi connectivity index (χ1n) is 9.45. The standard InChI is InChI=1S/C21H21Cl3N2O4/c1-2-14-4-7-16(8-5-14)29-11-3-10-26-17-12-15(25-20(28)21(22,23)24)6-9-18(17)30-13-19(26)27/h4-9,12H,2-3,10-11,13H2,1H3,(H,25,28). The molecule has 0 radical (unpaired) electrons. The molecule has 0 atom stereocenters. The maximum atomic E-state index is 12.4. The van der Waals surface area contributed by atoms with Gasteiger partial charge in [0.2, 0.25) is 0 Å². The first-order chi connectivity index (χ1) is 14.3. The zero-order valence-electron chi connectivity index (χ0n) is 16.3. The van der Waals surface area contributed by atoms with E-state index in [0.29, 0.717) is 36.7 Å². The molecule has 2 aromatic rings. The molecule has 0 bridgehead atoms. The van der Waals surface area contributed by atoms with Gasteiger partial charge in [-0.25, -0.2) is 0 Å². The summed E-state index contributed by atoms with van der Waals surface area (Å²) in [4.78, 5) is 25.9. The molecule has 9 heteroatoms. The number of ether oxygens (including phenoxy) is 2. The summed E-state index contributed by atoms with van der Waals surface area (Å²) >= 11 is 16.8.